The zero-order valence-corrected chi connectivity index (χ0v) is 14.3. The average Bonchev–Trinajstić information content (AvgIpc) is 3.01. The number of hydrogen-bond acceptors (Lipinski definition) is 7. The lowest BCUT2D eigenvalue weighted by Gasteiger charge is -2.01. The van der Waals surface area contributed by atoms with Crippen molar-refractivity contribution in [1.82, 2.24) is 20.2 Å². The van der Waals surface area contributed by atoms with Gasteiger partial charge in [-0.25, -0.2) is 4.98 Å². The average molecular weight is 347 g/mol. The number of anilines is 1. The zero-order valence-electron chi connectivity index (χ0n) is 12.7. The van der Waals surface area contributed by atoms with E-state index >= 15 is 0 Å². The van der Waals surface area contributed by atoms with Crippen molar-refractivity contribution >= 4 is 39.1 Å². The van der Waals surface area contributed by atoms with Crippen molar-refractivity contribution in [2.45, 2.75) is 29.9 Å². The number of hydrogen-bond donors (Lipinski definition) is 2. The van der Waals surface area contributed by atoms with Gasteiger partial charge in [-0.2, -0.15) is 0 Å². The third kappa shape index (κ3) is 4.08. The minimum absolute atomic E-state index is 0.106. The minimum Gasteiger partial charge on any atom is -0.360 e. The first-order chi connectivity index (χ1) is 11.3. The van der Waals surface area contributed by atoms with Gasteiger partial charge in [0.1, 0.15) is 5.82 Å². The van der Waals surface area contributed by atoms with Crippen LogP contribution in [0.25, 0.3) is 10.9 Å². The second-order valence-electron chi connectivity index (χ2n) is 4.97. The van der Waals surface area contributed by atoms with Gasteiger partial charge in [-0.05, 0) is 18.6 Å². The lowest BCUT2D eigenvalue weighted by Crippen LogP contribution is -2.11. The van der Waals surface area contributed by atoms with E-state index in [0.717, 1.165) is 28.9 Å². The van der Waals surface area contributed by atoms with Gasteiger partial charge in [-0.1, -0.05) is 48.6 Å². The molecule has 3 aromatic rings. The van der Waals surface area contributed by atoms with E-state index in [1.165, 1.54) is 23.1 Å². The van der Waals surface area contributed by atoms with Crippen LogP contribution in [0.5, 0.6) is 0 Å². The lowest BCUT2D eigenvalue weighted by molar-refractivity contribution is 0.830. The first kappa shape index (κ1) is 15.9. The van der Waals surface area contributed by atoms with Gasteiger partial charge in [0, 0.05) is 6.54 Å². The predicted octanol–water partition coefficient (Wildman–Crippen LogP) is 3.28. The molecule has 0 aliphatic rings. The van der Waals surface area contributed by atoms with E-state index < -0.39 is 0 Å². The standard InChI is InChI=1S/C15H17N5OS2/c1-2-3-8-16-14-19-20-15(23-14)22-9-12-17-11-7-5-4-6-10(11)13(21)18-12/h4-7H,2-3,8-9H2,1H3,(H,16,19)(H,17,18,21). The number of nitrogens with one attached hydrogen (secondary N) is 2. The van der Waals surface area contributed by atoms with Crippen molar-refractivity contribution in [1.29, 1.82) is 0 Å². The van der Waals surface area contributed by atoms with Crippen LogP contribution in [0.2, 0.25) is 0 Å². The first-order valence-corrected chi connectivity index (χ1v) is 9.24. The van der Waals surface area contributed by atoms with Gasteiger partial charge in [0.25, 0.3) is 5.56 Å². The van der Waals surface area contributed by atoms with Crippen LogP contribution in [0.1, 0.15) is 25.6 Å². The number of rotatable bonds is 7. The molecule has 120 valence electrons. The highest BCUT2D eigenvalue weighted by molar-refractivity contribution is 8.00. The van der Waals surface area contributed by atoms with Gasteiger partial charge >= 0.3 is 0 Å². The molecule has 2 heterocycles. The van der Waals surface area contributed by atoms with Crippen molar-refractivity contribution in [2.75, 3.05) is 11.9 Å². The Morgan fingerprint density at radius 3 is 3.04 bits per heavy atom. The van der Waals surface area contributed by atoms with Gasteiger partial charge in [0.2, 0.25) is 5.13 Å². The van der Waals surface area contributed by atoms with Crippen molar-refractivity contribution in [3.8, 4) is 0 Å². The molecule has 2 aromatic heterocycles. The molecular weight excluding hydrogens is 330 g/mol. The molecular formula is C15H17N5OS2. The van der Waals surface area contributed by atoms with Crippen molar-refractivity contribution in [2.24, 2.45) is 0 Å². The Labute approximate surface area is 141 Å². The number of nitrogens with zero attached hydrogens (tertiary/aromatic N) is 3. The zero-order chi connectivity index (χ0) is 16.1. The highest BCUT2D eigenvalue weighted by Crippen LogP contribution is 2.27. The van der Waals surface area contributed by atoms with E-state index in [1.54, 1.807) is 6.07 Å². The topological polar surface area (TPSA) is 83.6 Å². The Bertz CT molecular complexity index is 845. The SMILES string of the molecule is CCCCNc1nnc(SCc2nc3ccccc3c(=O)[nH]2)s1. The van der Waals surface area contributed by atoms with Crippen molar-refractivity contribution < 1.29 is 0 Å². The Balaban J connectivity index is 1.65. The van der Waals surface area contributed by atoms with E-state index in [4.69, 9.17) is 0 Å². The molecule has 23 heavy (non-hydrogen) atoms. The van der Waals surface area contributed by atoms with E-state index in [2.05, 4.69) is 32.4 Å². The van der Waals surface area contributed by atoms with Crippen LogP contribution in [0.4, 0.5) is 5.13 Å². The summed E-state index contributed by atoms with van der Waals surface area (Å²) in [5, 5.41) is 13.0. The molecule has 0 unspecified atom stereocenters. The molecule has 0 fully saturated rings. The normalized spacial score (nSPS) is 11.0. The second-order valence-corrected chi connectivity index (χ2v) is 7.17. The maximum absolute atomic E-state index is 12.0. The largest absolute Gasteiger partial charge is 0.360 e. The summed E-state index contributed by atoms with van der Waals surface area (Å²) in [7, 11) is 0. The summed E-state index contributed by atoms with van der Waals surface area (Å²) in [5.41, 5.74) is 0.608. The molecule has 0 atom stereocenters. The number of aromatic amines is 1. The maximum Gasteiger partial charge on any atom is 0.258 e. The fourth-order valence-corrected chi connectivity index (χ4v) is 3.69. The summed E-state index contributed by atoms with van der Waals surface area (Å²) in [6, 6.07) is 7.34. The number of H-pyrrole nitrogens is 1. The van der Waals surface area contributed by atoms with E-state index in [1.807, 2.05) is 18.2 Å². The van der Waals surface area contributed by atoms with E-state index in [9.17, 15) is 4.79 Å². The number of benzene rings is 1. The van der Waals surface area contributed by atoms with Crippen LogP contribution in [-0.2, 0) is 5.75 Å². The van der Waals surface area contributed by atoms with Crippen LogP contribution < -0.4 is 10.9 Å². The van der Waals surface area contributed by atoms with E-state index in [-0.39, 0.29) is 5.56 Å². The first-order valence-electron chi connectivity index (χ1n) is 7.44. The van der Waals surface area contributed by atoms with Crippen molar-refractivity contribution in [3.05, 3.63) is 40.4 Å². The molecule has 8 heteroatoms. The van der Waals surface area contributed by atoms with Gasteiger partial charge < -0.3 is 10.3 Å². The number of fused-ring (bicyclic) bond motifs is 1. The van der Waals surface area contributed by atoms with Crippen LogP contribution >= 0.6 is 23.1 Å². The Kier molecular flexibility index (Phi) is 5.24. The van der Waals surface area contributed by atoms with Crippen LogP contribution in [-0.4, -0.2) is 26.7 Å². The lowest BCUT2D eigenvalue weighted by atomic mass is 10.2. The van der Waals surface area contributed by atoms with Crippen LogP contribution in [0.15, 0.2) is 33.4 Å². The minimum atomic E-state index is -0.106. The molecule has 0 bridgehead atoms. The molecule has 2 N–H and O–H groups in total. The fraction of sp³-hybridized carbons (Fsp3) is 0.333. The van der Waals surface area contributed by atoms with Crippen LogP contribution in [0, 0.1) is 0 Å². The van der Waals surface area contributed by atoms with Gasteiger partial charge in [0.15, 0.2) is 4.34 Å². The summed E-state index contributed by atoms with van der Waals surface area (Å²) in [6.45, 7) is 3.07. The molecule has 0 radical (unpaired) electrons. The van der Waals surface area contributed by atoms with Gasteiger partial charge in [0.05, 0.1) is 16.7 Å². The summed E-state index contributed by atoms with van der Waals surface area (Å²) in [5.74, 6) is 1.21. The Morgan fingerprint density at radius 2 is 2.17 bits per heavy atom. The third-order valence-corrected chi connectivity index (χ3v) is 5.23. The van der Waals surface area contributed by atoms with E-state index in [0.29, 0.717) is 22.5 Å². The summed E-state index contributed by atoms with van der Waals surface area (Å²) in [4.78, 5) is 19.3. The Hall–Kier alpha value is -1.93. The highest BCUT2D eigenvalue weighted by Gasteiger charge is 2.07. The molecule has 0 saturated heterocycles. The summed E-state index contributed by atoms with van der Waals surface area (Å²) >= 11 is 3.04. The predicted molar refractivity (Wildman–Crippen MR) is 95.2 cm³/mol. The number of aromatic nitrogens is 4. The third-order valence-electron chi connectivity index (χ3n) is 3.21. The van der Waals surface area contributed by atoms with Gasteiger partial charge in [-0.15, -0.1) is 10.2 Å². The summed E-state index contributed by atoms with van der Waals surface area (Å²) in [6.07, 6.45) is 2.26. The molecule has 1 aromatic carbocycles. The highest BCUT2D eigenvalue weighted by atomic mass is 32.2. The molecule has 6 nitrogen and oxygen atoms in total. The molecule has 0 saturated carbocycles. The monoisotopic (exact) mass is 347 g/mol. The molecule has 0 aliphatic carbocycles. The fourth-order valence-electron chi connectivity index (χ4n) is 2.04. The molecule has 0 amide bonds. The number of thioether (sulfide) groups is 1. The van der Waals surface area contributed by atoms with Crippen LogP contribution in [0.3, 0.4) is 0 Å². The molecule has 0 spiro atoms. The van der Waals surface area contributed by atoms with Crippen molar-refractivity contribution in [3.63, 3.8) is 0 Å². The quantitative estimate of drug-likeness (QED) is 0.504. The number of unbranched alkanes of at least 4 members (excludes halogenated alkanes) is 1. The van der Waals surface area contributed by atoms with Gasteiger partial charge in [-0.3, -0.25) is 4.79 Å². The molecule has 0 aliphatic heterocycles. The summed E-state index contributed by atoms with van der Waals surface area (Å²) < 4.78 is 0.861. The smallest absolute Gasteiger partial charge is 0.258 e. The number of para-hydroxylation sites is 1. The second kappa shape index (κ2) is 7.56. The maximum atomic E-state index is 12.0. The Morgan fingerprint density at radius 1 is 1.30 bits per heavy atom. The molecule has 3 rings (SSSR count).